The molecule has 0 bridgehead atoms. The molecule has 1 atom stereocenters. The van der Waals surface area contributed by atoms with Crippen LogP contribution in [-0.2, 0) is 11.2 Å². The highest BCUT2D eigenvalue weighted by atomic mass is 35.5. The van der Waals surface area contributed by atoms with E-state index < -0.39 is 0 Å². The summed E-state index contributed by atoms with van der Waals surface area (Å²) in [6, 6.07) is 19.2. The summed E-state index contributed by atoms with van der Waals surface area (Å²) < 4.78 is 5.82. The maximum Gasteiger partial charge on any atom is 0.224 e. The highest BCUT2D eigenvalue weighted by Crippen LogP contribution is 2.25. The van der Waals surface area contributed by atoms with Gasteiger partial charge in [0.25, 0.3) is 0 Å². The SMILES string of the molecule is C[C@H]1CN(c2cc(Oc3cccc(Cl)c3)ncn2)CCN1C(=O)CCc1ccccc1. The number of nitrogens with zero attached hydrogens (tertiary/aromatic N) is 4. The maximum absolute atomic E-state index is 12.8. The second-order valence-corrected chi connectivity index (χ2v) is 8.08. The van der Waals surface area contributed by atoms with Crippen molar-refractivity contribution in [1.29, 1.82) is 0 Å². The summed E-state index contributed by atoms with van der Waals surface area (Å²) in [5.41, 5.74) is 1.19. The molecule has 1 saturated heterocycles. The van der Waals surface area contributed by atoms with Crippen molar-refractivity contribution < 1.29 is 9.53 Å². The van der Waals surface area contributed by atoms with Gasteiger partial charge in [-0.25, -0.2) is 9.97 Å². The van der Waals surface area contributed by atoms with Gasteiger partial charge in [-0.1, -0.05) is 48.0 Å². The van der Waals surface area contributed by atoms with Crippen LogP contribution in [0.4, 0.5) is 5.82 Å². The van der Waals surface area contributed by atoms with Crippen molar-refractivity contribution in [1.82, 2.24) is 14.9 Å². The number of carbonyl (C=O) groups excluding carboxylic acids is 1. The van der Waals surface area contributed by atoms with Gasteiger partial charge in [-0.3, -0.25) is 4.79 Å². The standard InChI is InChI=1S/C24H25ClN4O2/c1-18-16-28(12-13-29(18)24(30)11-10-19-6-3-2-4-7-19)22-15-23(27-17-26-22)31-21-9-5-8-20(25)14-21/h2-9,14-15,17-18H,10-13,16H2,1H3/t18-/m0/s1. The normalized spacial score (nSPS) is 16.3. The van der Waals surface area contributed by atoms with Gasteiger partial charge in [-0.2, -0.15) is 0 Å². The fourth-order valence-corrected chi connectivity index (χ4v) is 3.97. The second kappa shape index (κ2) is 9.79. The van der Waals surface area contributed by atoms with Gasteiger partial charge in [0, 0.05) is 43.2 Å². The molecular formula is C24H25ClN4O2. The Morgan fingerprint density at radius 1 is 1.10 bits per heavy atom. The van der Waals surface area contributed by atoms with Crippen molar-refractivity contribution >= 4 is 23.3 Å². The number of aryl methyl sites for hydroxylation is 1. The van der Waals surface area contributed by atoms with Gasteiger partial charge in [0.05, 0.1) is 0 Å². The number of rotatable bonds is 6. The lowest BCUT2D eigenvalue weighted by Crippen LogP contribution is -2.54. The number of piperazine rings is 1. The van der Waals surface area contributed by atoms with Crippen LogP contribution in [-0.4, -0.2) is 46.5 Å². The predicted molar refractivity (Wildman–Crippen MR) is 122 cm³/mol. The molecule has 2 aromatic carbocycles. The zero-order valence-corrected chi connectivity index (χ0v) is 18.2. The summed E-state index contributed by atoms with van der Waals surface area (Å²) in [5.74, 6) is 2.07. The lowest BCUT2D eigenvalue weighted by Gasteiger charge is -2.40. The number of ether oxygens (including phenoxy) is 1. The molecule has 1 amide bonds. The van der Waals surface area contributed by atoms with Gasteiger partial charge in [0.2, 0.25) is 11.8 Å². The molecule has 0 unspecified atom stereocenters. The number of halogens is 1. The molecule has 0 aliphatic carbocycles. The van der Waals surface area contributed by atoms with Crippen LogP contribution in [0.3, 0.4) is 0 Å². The first-order valence-electron chi connectivity index (χ1n) is 10.4. The van der Waals surface area contributed by atoms with E-state index >= 15 is 0 Å². The lowest BCUT2D eigenvalue weighted by molar-refractivity contribution is -0.133. The minimum Gasteiger partial charge on any atom is -0.439 e. The average Bonchev–Trinajstić information content (AvgIpc) is 2.78. The number of hydrogen-bond acceptors (Lipinski definition) is 5. The van der Waals surface area contributed by atoms with Crippen LogP contribution in [0.1, 0.15) is 18.9 Å². The Morgan fingerprint density at radius 3 is 2.71 bits per heavy atom. The smallest absolute Gasteiger partial charge is 0.224 e. The Hall–Kier alpha value is -3.12. The molecule has 3 aromatic rings. The first-order chi connectivity index (χ1) is 15.1. The summed E-state index contributed by atoms with van der Waals surface area (Å²) in [4.78, 5) is 25.5. The first kappa shape index (κ1) is 21.1. The third-order valence-electron chi connectivity index (χ3n) is 5.39. The summed E-state index contributed by atoms with van der Waals surface area (Å²) in [7, 11) is 0. The van der Waals surface area contributed by atoms with Crippen LogP contribution in [0, 0.1) is 0 Å². The van der Waals surface area contributed by atoms with Crippen molar-refractivity contribution in [3.63, 3.8) is 0 Å². The average molecular weight is 437 g/mol. The molecule has 4 rings (SSSR count). The van der Waals surface area contributed by atoms with Gasteiger partial charge in [0.15, 0.2) is 0 Å². The zero-order valence-electron chi connectivity index (χ0n) is 17.4. The summed E-state index contributed by atoms with van der Waals surface area (Å²) in [6.07, 6.45) is 2.79. The van der Waals surface area contributed by atoms with Gasteiger partial charge in [-0.05, 0) is 37.1 Å². The largest absolute Gasteiger partial charge is 0.439 e. The van der Waals surface area contributed by atoms with Crippen molar-refractivity contribution in [2.75, 3.05) is 24.5 Å². The number of hydrogen-bond donors (Lipinski definition) is 0. The first-order valence-corrected chi connectivity index (χ1v) is 10.8. The molecule has 160 valence electrons. The minimum atomic E-state index is 0.101. The topological polar surface area (TPSA) is 58.6 Å². The number of benzene rings is 2. The monoisotopic (exact) mass is 436 g/mol. The number of carbonyl (C=O) groups is 1. The van der Waals surface area contributed by atoms with E-state index in [1.807, 2.05) is 41.3 Å². The van der Waals surface area contributed by atoms with E-state index in [1.54, 1.807) is 12.1 Å². The van der Waals surface area contributed by atoms with Crippen LogP contribution < -0.4 is 9.64 Å². The molecule has 1 aliphatic heterocycles. The highest BCUT2D eigenvalue weighted by Gasteiger charge is 2.28. The van der Waals surface area contributed by atoms with E-state index in [0.717, 1.165) is 18.8 Å². The molecule has 0 spiro atoms. The van der Waals surface area contributed by atoms with Gasteiger partial charge in [0.1, 0.15) is 17.9 Å². The Morgan fingerprint density at radius 2 is 1.94 bits per heavy atom. The predicted octanol–water partition coefficient (Wildman–Crippen LogP) is 4.59. The molecule has 0 N–H and O–H groups in total. The van der Waals surface area contributed by atoms with Crippen molar-refractivity contribution in [3.05, 3.63) is 77.6 Å². The highest BCUT2D eigenvalue weighted by molar-refractivity contribution is 6.30. The van der Waals surface area contributed by atoms with E-state index in [4.69, 9.17) is 16.3 Å². The fourth-order valence-electron chi connectivity index (χ4n) is 3.79. The van der Waals surface area contributed by atoms with Crippen LogP contribution >= 0.6 is 11.6 Å². The second-order valence-electron chi connectivity index (χ2n) is 7.64. The molecule has 6 nitrogen and oxygen atoms in total. The quantitative estimate of drug-likeness (QED) is 0.565. The molecule has 1 aliphatic rings. The van der Waals surface area contributed by atoms with E-state index in [1.165, 1.54) is 11.9 Å². The molecular weight excluding hydrogens is 412 g/mol. The summed E-state index contributed by atoms with van der Waals surface area (Å²) in [6.45, 7) is 4.18. The molecule has 0 radical (unpaired) electrons. The van der Waals surface area contributed by atoms with E-state index in [0.29, 0.717) is 36.2 Å². The number of aromatic nitrogens is 2. The molecule has 31 heavy (non-hydrogen) atoms. The number of anilines is 1. The molecule has 1 fully saturated rings. The molecule has 0 saturated carbocycles. The zero-order chi connectivity index (χ0) is 21.6. The maximum atomic E-state index is 12.8. The van der Waals surface area contributed by atoms with E-state index in [2.05, 4.69) is 33.9 Å². The van der Waals surface area contributed by atoms with Crippen LogP contribution in [0.2, 0.25) is 5.02 Å². The molecule has 7 heteroatoms. The van der Waals surface area contributed by atoms with Crippen molar-refractivity contribution in [3.8, 4) is 11.6 Å². The third-order valence-corrected chi connectivity index (χ3v) is 5.62. The Labute approximate surface area is 187 Å². The lowest BCUT2D eigenvalue weighted by atomic mass is 10.1. The van der Waals surface area contributed by atoms with E-state index in [-0.39, 0.29) is 11.9 Å². The molecule has 1 aromatic heterocycles. The Bertz CT molecular complexity index is 1030. The molecule has 2 heterocycles. The van der Waals surface area contributed by atoms with Gasteiger partial charge >= 0.3 is 0 Å². The summed E-state index contributed by atoms with van der Waals surface area (Å²) in [5, 5.41) is 0.605. The minimum absolute atomic E-state index is 0.101. The summed E-state index contributed by atoms with van der Waals surface area (Å²) >= 11 is 6.02. The van der Waals surface area contributed by atoms with Gasteiger partial charge in [-0.15, -0.1) is 0 Å². The van der Waals surface area contributed by atoms with Crippen LogP contribution in [0.5, 0.6) is 11.6 Å². The van der Waals surface area contributed by atoms with Crippen LogP contribution in [0.15, 0.2) is 67.0 Å². The van der Waals surface area contributed by atoms with Crippen molar-refractivity contribution in [2.45, 2.75) is 25.8 Å². The van der Waals surface area contributed by atoms with Crippen molar-refractivity contribution in [2.24, 2.45) is 0 Å². The van der Waals surface area contributed by atoms with Gasteiger partial charge < -0.3 is 14.5 Å². The number of amides is 1. The van der Waals surface area contributed by atoms with E-state index in [9.17, 15) is 4.79 Å². The Balaban J connectivity index is 1.35. The fraction of sp³-hybridized carbons (Fsp3) is 0.292. The third kappa shape index (κ3) is 5.52. The Kier molecular flexibility index (Phi) is 6.67. The van der Waals surface area contributed by atoms with Crippen LogP contribution in [0.25, 0.3) is 0 Å².